The Labute approximate surface area is 75.5 Å². The van der Waals surface area contributed by atoms with E-state index in [0.29, 0.717) is 6.01 Å². The zero-order valence-electron chi connectivity index (χ0n) is 7.36. The Hall–Kier alpha value is -1.30. The maximum absolute atomic E-state index is 5.36. The zero-order valence-corrected chi connectivity index (χ0v) is 7.36. The lowest BCUT2D eigenvalue weighted by molar-refractivity contribution is 0.121. The van der Waals surface area contributed by atoms with Crippen LogP contribution in [0.15, 0.2) is 4.42 Å². The van der Waals surface area contributed by atoms with Crippen LogP contribution in [-0.2, 0) is 4.74 Å². The first-order chi connectivity index (χ1) is 6.25. The summed E-state index contributed by atoms with van der Waals surface area (Å²) in [5.74, 6) is 0. The maximum Gasteiger partial charge on any atom is 0.317 e. The quantitative estimate of drug-likeness (QED) is 0.684. The average Bonchev–Trinajstić information content (AvgIpc) is 2.64. The molecule has 6 heteroatoms. The van der Waals surface area contributed by atoms with E-state index >= 15 is 0 Å². The fourth-order valence-corrected chi connectivity index (χ4v) is 1.37. The van der Waals surface area contributed by atoms with Crippen LogP contribution in [0.4, 0.5) is 12.0 Å². The molecule has 1 aliphatic heterocycles. The summed E-state index contributed by atoms with van der Waals surface area (Å²) in [5, 5.41) is 10.3. The molecule has 1 aromatic rings. The predicted octanol–water partition coefficient (Wildman–Crippen LogP) is 0.241. The lowest BCUT2D eigenvalue weighted by Gasteiger charge is -2.13. The summed E-state index contributed by atoms with van der Waals surface area (Å²) in [4.78, 5) is 0. The number of nitrogen functional groups attached to an aromatic ring is 1. The molecule has 13 heavy (non-hydrogen) atoms. The van der Waals surface area contributed by atoms with Crippen LogP contribution in [0.25, 0.3) is 0 Å². The number of anilines is 2. The van der Waals surface area contributed by atoms with Crippen molar-refractivity contribution in [1.29, 1.82) is 0 Å². The molecule has 1 fully saturated rings. The molecule has 72 valence electrons. The summed E-state index contributed by atoms with van der Waals surface area (Å²) in [6, 6.07) is 0.675. The monoisotopic (exact) mass is 184 g/mol. The number of nitrogens with two attached hydrogens (primary N) is 1. The Morgan fingerprint density at radius 3 is 2.92 bits per heavy atom. The van der Waals surface area contributed by atoms with Gasteiger partial charge in [-0.25, -0.2) is 0 Å². The van der Waals surface area contributed by atoms with Gasteiger partial charge in [0.1, 0.15) is 0 Å². The van der Waals surface area contributed by atoms with Crippen molar-refractivity contribution >= 4 is 12.0 Å². The van der Waals surface area contributed by atoms with E-state index in [1.807, 2.05) is 6.92 Å². The van der Waals surface area contributed by atoms with Gasteiger partial charge in [0.05, 0.1) is 12.1 Å². The first-order valence-corrected chi connectivity index (χ1v) is 4.23. The minimum absolute atomic E-state index is 0.0778. The molecule has 6 nitrogen and oxygen atoms in total. The summed E-state index contributed by atoms with van der Waals surface area (Å²) in [6.07, 6.45) is 1.12. The highest BCUT2D eigenvalue weighted by molar-refractivity contribution is 5.25. The van der Waals surface area contributed by atoms with Gasteiger partial charge in [0.15, 0.2) is 0 Å². The van der Waals surface area contributed by atoms with Gasteiger partial charge in [-0.15, -0.1) is 0 Å². The Morgan fingerprint density at radius 2 is 2.38 bits per heavy atom. The van der Waals surface area contributed by atoms with Gasteiger partial charge in [-0.2, -0.15) is 0 Å². The van der Waals surface area contributed by atoms with E-state index < -0.39 is 0 Å². The third-order valence-electron chi connectivity index (χ3n) is 2.13. The fourth-order valence-electron chi connectivity index (χ4n) is 1.37. The molecule has 2 heterocycles. The van der Waals surface area contributed by atoms with E-state index in [9.17, 15) is 0 Å². The molecule has 0 aromatic carbocycles. The Balaban J connectivity index is 1.97. The van der Waals surface area contributed by atoms with Crippen molar-refractivity contribution < 1.29 is 9.15 Å². The molecule has 0 saturated carbocycles. The van der Waals surface area contributed by atoms with E-state index in [1.54, 1.807) is 0 Å². The molecule has 0 spiro atoms. The second-order valence-corrected chi connectivity index (χ2v) is 3.06. The number of aromatic nitrogens is 2. The number of hydrogen-bond acceptors (Lipinski definition) is 6. The molecule has 3 N–H and O–H groups in total. The number of hydrogen-bond donors (Lipinski definition) is 2. The molecule has 1 aromatic heterocycles. The summed E-state index contributed by atoms with van der Waals surface area (Å²) in [6.45, 7) is 2.77. The number of nitrogens with one attached hydrogen (secondary N) is 1. The van der Waals surface area contributed by atoms with Gasteiger partial charge in [0, 0.05) is 6.61 Å². The van der Waals surface area contributed by atoms with Crippen molar-refractivity contribution in [2.75, 3.05) is 17.7 Å². The topological polar surface area (TPSA) is 86.2 Å². The summed E-state index contributed by atoms with van der Waals surface area (Å²) >= 11 is 0. The second kappa shape index (κ2) is 3.21. The molecule has 2 atom stereocenters. The summed E-state index contributed by atoms with van der Waals surface area (Å²) in [5.41, 5.74) is 5.28. The minimum Gasteiger partial charge on any atom is -0.390 e. The highest BCUT2D eigenvalue weighted by Gasteiger charge is 2.25. The summed E-state index contributed by atoms with van der Waals surface area (Å²) < 4.78 is 10.3. The molecule has 0 aliphatic carbocycles. The van der Waals surface area contributed by atoms with Crippen LogP contribution in [0.2, 0.25) is 0 Å². The molecule has 0 amide bonds. The zero-order chi connectivity index (χ0) is 9.26. The lowest BCUT2D eigenvalue weighted by atomic mass is 10.2. The minimum atomic E-state index is 0.0778. The SMILES string of the molecule is CC1OCCC1Nc1nnc(N)o1. The first-order valence-electron chi connectivity index (χ1n) is 4.23. The molecular weight excluding hydrogens is 172 g/mol. The van der Waals surface area contributed by atoms with Gasteiger partial charge in [-0.1, -0.05) is 10.2 Å². The number of nitrogens with zero attached hydrogens (tertiary/aromatic N) is 2. The van der Waals surface area contributed by atoms with Gasteiger partial charge in [-0.05, 0) is 13.3 Å². The number of rotatable bonds is 2. The molecular formula is C7H12N4O2. The van der Waals surface area contributed by atoms with Gasteiger partial charge in [0.25, 0.3) is 0 Å². The van der Waals surface area contributed by atoms with Crippen LogP contribution < -0.4 is 11.1 Å². The highest BCUT2D eigenvalue weighted by atomic mass is 16.5. The van der Waals surface area contributed by atoms with Crippen LogP contribution in [0, 0.1) is 0 Å². The van der Waals surface area contributed by atoms with Gasteiger partial charge in [0.2, 0.25) is 0 Å². The van der Waals surface area contributed by atoms with Crippen molar-refractivity contribution in [3.05, 3.63) is 0 Å². The molecule has 1 saturated heterocycles. The van der Waals surface area contributed by atoms with Gasteiger partial charge < -0.3 is 20.2 Å². The Bertz CT molecular complexity index is 288. The van der Waals surface area contributed by atoms with Crippen molar-refractivity contribution in [3.8, 4) is 0 Å². The molecule has 1 aliphatic rings. The van der Waals surface area contributed by atoms with Gasteiger partial charge >= 0.3 is 12.0 Å². The van der Waals surface area contributed by atoms with Crippen molar-refractivity contribution in [3.63, 3.8) is 0 Å². The van der Waals surface area contributed by atoms with E-state index in [1.165, 1.54) is 0 Å². The van der Waals surface area contributed by atoms with Crippen molar-refractivity contribution in [2.45, 2.75) is 25.5 Å². The van der Waals surface area contributed by atoms with Crippen LogP contribution in [-0.4, -0.2) is 29.0 Å². The normalized spacial score (nSPS) is 27.8. The first kappa shape index (κ1) is 8.31. The Kier molecular flexibility index (Phi) is 2.05. The van der Waals surface area contributed by atoms with Crippen LogP contribution in [0.5, 0.6) is 0 Å². The van der Waals surface area contributed by atoms with E-state index in [-0.39, 0.29) is 18.2 Å². The van der Waals surface area contributed by atoms with Crippen LogP contribution in [0.3, 0.4) is 0 Å². The lowest BCUT2D eigenvalue weighted by Crippen LogP contribution is -2.26. The molecule has 2 rings (SSSR count). The van der Waals surface area contributed by atoms with Crippen LogP contribution >= 0.6 is 0 Å². The largest absolute Gasteiger partial charge is 0.390 e. The van der Waals surface area contributed by atoms with Crippen molar-refractivity contribution in [2.24, 2.45) is 0 Å². The molecule has 0 bridgehead atoms. The Morgan fingerprint density at radius 1 is 1.54 bits per heavy atom. The number of ether oxygens (including phenoxy) is 1. The predicted molar refractivity (Wildman–Crippen MR) is 46.2 cm³/mol. The molecule has 0 radical (unpaired) electrons. The van der Waals surface area contributed by atoms with Gasteiger partial charge in [-0.3, -0.25) is 0 Å². The third kappa shape index (κ3) is 1.72. The second-order valence-electron chi connectivity index (χ2n) is 3.06. The van der Waals surface area contributed by atoms with Crippen LogP contribution in [0.1, 0.15) is 13.3 Å². The third-order valence-corrected chi connectivity index (χ3v) is 2.13. The van der Waals surface area contributed by atoms with Crippen molar-refractivity contribution in [1.82, 2.24) is 10.2 Å². The van der Waals surface area contributed by atoms with E-state index in [4.69, 9.17) is 14.9 Å². The highest BCUT2D eigenvalue weighted by Crippen LogP contribution is 2.18. The average molecular weight is 184 g/mol. The smallest absolute Gasteiger partial charge is 0.317 e. The maximum atomic E-state index is 5.36. The van der Waals surface area contributed by atoms with E-state index in [0.717, 1.165) is 13.0 Å². The molecule has 2 unspecified atom stereocenters. The fraction of sp³-hybridized carbons (Fsp3) is 0.714. The summed E-state index contributed by atoms with van der Waals surface area (Å²) in [7, 11) is 0. The standard InChI is InChI=1S/C7H12N4O2/c1-4-5(2-3-12-4)9-7-11-10-6(8)13-7/h4-5H,2-3H2,1H3,(H2,8,10)(H,9,11). The van der Waals surface area contributed by atoms with E-state index in [2.05, 4.69) is 15.5 Å².